The molecule has 0 saturated carbocycles. The third-order valence-corrected chi connectivity index (χ3v) is 3.39. The van der Waals surface area contributed by atoms with Crippen LogP contribution in [0.25, 0.3) is 0 Å². The molecule has 0 unspecified atom stereocenters. The lowest BCUT2D eigenvalue weighted by Gasteiger charge is -2.04. The normalized spacial score (nSPS) is 10.3. The fourth-order valence-corrected chi connectivity index (χ4v) is 2.49. The van der Waals surface area contributed by atoms with Gasteiger partial charge in [-0.05, 0) is 19.9 Å². The number of nitrogens with two attached hydrogens (primary N) is 1. The van der Waals surface area contributed by atoms with Gasteiger partial charge in [-0.25, -0.2) is 4.79 Å². The van der Waals surface area contributed by atoms with Crippen molar-refractivity contribution in [2.45, 2.75) is 13.8 Å². The molecule has 1 amide bonds. The number of carbonyl (C=O) groups is 2. The molecular formula is C12H14N4O3S. The minimum absolute atomic E-state index is 0.225. The highest BCUT2D eigenvalue weighted by Crippen LogP contribution is 2.28. The van der Waals surface area contributed by atoms with Gasteiger partial charge in [-0.15, -0.1) is 11.3 Å². The summed E-state index contributed by atoms with van der Waals surface area (Å²) < 4.78 is 4.95. The molecule has 2 heterocycles. The first-order valence-corrected chi connectivity index (χ1v) is 6.72. The topological polar surface area (TPSA) is 110 Å². The van der Waals surface area contributed by atoms with Gasteiger partial charge in [0.1, 0.15) is 16.5 Å². The number of thiophene rings is 1. The van der Waals surface area contributed by atoms with Crippen molar-refractivity contribution >= 4 is 34.0 Å². The average molecular weight is 294 g/mol. The summed E-state index contributed by atoms with van der Waals surface area (Å²) in [6.07, 6.45) is 0. The number of nitrogens with zero attached hydrogens (tertiary/aromatic N) is 1. The molecule has 0 radical (unpaired) electrons. The summed E-state index contributed by atoms with van der Waals surface area (Å²) >= 11 is 1.30. The van der Waals surface area contributed by atoms with Crippen LogP contribution in [0.2, 0.25) is 0 Å². The monoisotopic (exact) mass is 294 g/mol. The van der Waals surface area contributed by atoms with E-state index in [9.17, 15) is 9.59 Å². The van der Waals surface area contributed by atoms with Gasteiger partial charge in [0.25, 0.3) is 5.91 Å². The molecule has 0 aliphatic carbocycles. The van der Waals surface area contributed by atoms with Crippen molar-refractivity contribution in [2.24, 2.45) is 0 Å². The molecule has 7 nitrogen and oxygen atoms in total. The summed E-state index contributed by atoms with van der Waals surface area (Å²) in [5.41, 5.74) is 6.01. The maximum atomic E-state index is 12.0. The SMILES string of the molecule is CCOC(=O)c1cc(C)sc1NC(=O)c1cc(N)n[nH]1. The number of nitrogens with one attached hydrogen (secondary N) is 2. The number of ether oxygens (including phenoxy) is 1. The Morgan fingerprint density at radius 1 is 1.50 bits per heavy atom. The van der Waals surface area contributed by atoms with Crippen molar-refractivity contribution in [3.63, 3.8) is 0 Å². The summed E-state index contributed by atoms with van der Waals surface area (Å²) in [5.74, 6) is -0.652. The summed E-state index contributed by atoms with van der Waals surface area (Å²) in [5, 5.41) is 9.28. The number of esters is 1. The largest absolute Gasteiger partial charge is 0.462 e. The highest BCUT2D eigenvalue weighted by atomic mass is 32.1. The lowest BCUT2D eigenvalue weighted by Crippen LogP contribution is -2.14. The van der Waals surface area contributed by atoms with E-state index in [1.165, 1.54) is 17.4 Å². The minimum atomic E-state index is -0.462. The van der Waals surface area contributed by atoms with Crippen LogP contribution in [0, 0.1) is 6.92 Å². The third kappa shape index (κ3) is 2.97. The Morgan fingerprint density at radius 2 is 2.25 bits per heavy atom. The van der Waals surface area contributed by atoms with Crippen LogP contribution >= 0.6 is 11.3 Å². The van der Waals surface area contributed by atoms with Gasteiger partial charge in [-0.1, -0.05) is 0 Å². The first kappa shape index (κ1) is 14.1. The van der Waals surface area contributed by atoms with E-state index in [1.54, 1.807) is 13.0 Å². The zero-order chi connectivity index (χ0) is 14.7. The van der Waals surface area contributed by atoms with Gasteiger partial charge in [0.2, 0.25) is 0 Å². The van der Waals surface area contributed by atoms with Crippen molar-refractivity contribution < 1.29 is 14.3 Å². The number of nitrogen functional groups attached to an aromatic ring is 1. The molecule has 2 aromatic heterocycles. The number of hydrogen-bond acceptors (Lipinski definition) is 6. The van der Waals surface area contributed by atoms with Crippen molar-refractivity contribution in [1.29, 1.82) is 0 Å². The zero-order valence-corrected chi connectivity index (χ0v) is 11.8. The number of aryl methyl sites for hydroxylation is 1. The molecule has 0 bridgehead atoms. The first-order valence-electron chi connectivity index (χ1n) is 5.91. The van der Waals surface area contributed by atoms with Crippen LogP contribution in [0.1, 0.15) is 32.6 Å². The molecule has 0 atom stereocenters. The van der Waals surface area contributed by atoms with E-state index in [0.717, 1.165) is 4.88 Å². The van der Waals surface area contributed by atoms with Crippen molar-refractivity contribution in [3.8, 4) is 0 Å². The maximum absolute atomic E-state index is 12.0. The molecule has 20 heavy (non-hydrogen) atoms. The van der Waals surface area contributed by atoms with Gasteiger partial charge in [0.15, 0.2) is 0 Å². The number of amides is 1. The summed E-state index contributed by atoms with van der Waals surface area (Å²) in [7, 11) is 0. The Hall–Kier alpha value is -2.35. The van der Waals surface area contributed by atoms with Crippen LogP contribution in [-0.4, -0.2) is 28.7 Å². The second kappa shape index (κ2) is 5.74. The van der Waals surface area contributed by atoms with E-state index in [2.05, 4.69) is 15.5 Å². The molecular weight excluding hydrogens is 280 g/mol. The number of rotatable bonds is 4. The molecule has 2 rings (SSSR count). The summed E-state index contributed by atoms with van der Waals surface area (Å²) in [4.78, 5) is 24.7. The lowest BCUT2D eigenvalue weighted by atomic mass is 10.3. The standard InChI is InChI=1S/C12H14N4O3S/c1-3-19-12(18)7-4-6(2)20-11(7)14-10(17)8-5-9(13)16-15-8/h4-5H,3H2,1-2H3,(H,14,17)(H3,13,15,16). The van der Waals surface area contributed by atoms with E-state index in [1.807, 2.05) is 6.92 Å². The Balaban J connectivity index is 2.21. The Bertz CT molecular complexity index is 647. The van der Waals surface area contributed by atoms with E-state index >= 15 is 0 Å². The predicted molar refractivity (Wildman–Crippen MR) is 76.0 cm³/mol. The van der Waals surface area contributed by atoms with Gasteiger partial charge in [0.05, 0.1) is 12.2 Å². The third-order valence-electron chi connectivity index (χ3n) is 2.42. The second-order valence-corrected chi connectivity index (χ2v) is 5.24. The molecule has 0 aromatic carbocycles. The van der Waals surface area contributed by atoms with E-state index in [-0.39, 0.29) is 18.1 Å². The molecule has 106 valence electrons. The highest BCUT2D eigenvalue weighted by Gasteiger charge is 2.19. The summed E-state index contributed by atoms with van der Waals surface area (Å²) in [6, 6.07) is 3.10. The lowest BCUT2D eigenvalue weighted by molar-refractivity contribution is 0.0528. The van der Waals surface area contributed by atoms with E-state index < -0.39 is 11.9 Å². The zero-order valence-electron chi connectivity index (χ0n) is 11.0. The Kier molecular flexibility index (Phi) is 4.04. The van der Waals surface area contributed by atoms with Crippen LogP contribution in [0.5, 0.6) is 0 Å². The first-order chi connectivity index (χ1) is 9.51. The second-order valence-electron chi connectivity index (χ2n) is 3.98. The van der Waals surface area contributed by atoms with Crippen LogP contribution in [0.15, 0.2) is 12.1 Å². The smallest absolute Gasteiger partial charge is 0.341 e. The number of aromatic amines is 1. The molecule has 0 saturated heterocycles. The molecule has 2 aromatic rings. The van der Waals surface area contributed by atoms with Gasteiger partial charge < -0.3 is 15.8 Å². The molecule has 0 aliphatic heterocycles. The fourth-order valence-electron chi connectivity index (χ4n) is 1.59. The molecule has 8 heteroatoms. The highest BCUT2D eigenvalue weighted by molar-refractivity contribution is 7.16. The number of aromatic nitrogens is 2. The van der Waals surface area contributed by atoms with Gasteiger partial charge in [0, 0.05) is 10.9 Å². The average Bonchev–Trinajstić information content (AvgIpc) is 2.96. The van der Waals surface area contributed by atoms with Crippen LogP contribution in [0.3, 0.4) is 0 Å². The molecule has 4 N–H and O–H groups in total. The quantitative estimate of drug-likeness (QED) is 0.745. The summed E-state index contributed by atoms with van der Waals surface area (Å²) in [6.45, 7) is 3.85. The van der Waals surface area contributed by atoms with Crippen LogP contribution in [-0.2, 0) is 4.74 Å². The Morgan fingerprint density at radius 3 is 2.85 bits per heavy atom. The van der Waals surface area contributed by atoms with Crippen molar-refractivity contribution in [2.75, 3.05) is 17.7 Å². The maximum Gasteiger partial charge on any atom is 0.341 e. The number of hydrogen-bond donors (Lipinski definition) is 3. The van der Waals surface area contributed by atoms with Gasteiger partial charge in [-0.3, -0.25) is 9.89 Å². The van der Waals surface area contributed by atoms with E-state index in [0.29, 0.717) is 10.6 Å². The Labute approximate surface area is 119 Å². The number of anilines is 2. The van der Waals surface area contributed by atoms with Crippen molar-refractivity contribution in [3.05, 3.63) is 28.3 Å². The van der Waals surface area contributed by atoms with Gasteiger partial charge >= 0.3 is 5.97 Å². The molecule has 0 aliphatic rings. The number of carbonyl (C=O) groups excluding carboxylic acids is 2. The minimum Gasteiger partial charge on any atom is -0.462 e. The van der Waals surface area contributed by atoms with Crippen LogP contribution in [0.4, 0.5) is 10.8 Å². The fraction of sp³-hybridized carbons (Fsp3) is 0.250. The molecule has 0 fully saturated rings. The number of H-pyrrole nitrogens is 1. The molecule has 0 spiro atoms. The van der Waals surface area contributed by atoms with Gasteiger partial charge in [-0.2, -0.15) is 5.10 Å². The van der Waals surface area contributed by atoms with E-state index in [4.69, 9.17) is 10.5 Å². The predicted octanol–water partition coefficient (Wildman–Crippen LogP) is 1.79. The van der Waals surface area contributed by atoms with Crippen molar-refractivity contribution in [1.82, 2.24) is 10.2 Å². The van der Waals surface area contributed by atoms with Crippen LogP contribution < -0.4 is 11.1 Å².